The van der Waals surface area contributed by atoms with Gasteiger partial charge in [-0.1, -0.05) is 11.6 Å². The van der Waals surface area contributed by atoms with Gasteiger partial charge in [0.05, 0.1) is 11.9 Å². The van der Waals surface area contributed by atoms with Gasteiger partial charge in [-0.3, -0.25) is 0 Å². The molecule has 0 saturated carbocycles. The van der Waals surface area contributed by atoms with Crippen LogP contribution >= 0.6 is 11.6 Å². The summed E-state index contributed by atoms with van der Waals surface area (Å²) in [4.78, 5) is 14.9. The third-order valence-corrected chi connectivity index (χ3v) is 3.41. The minimum absolute atomic E-state index is 0.0850. The van der Waals surface area contributed by atoms with Gasteiger partial charge in [0.15, 0.2) is 11.5 Å². The quantitative estimate of drug-likeness (QED) is 0.771. The van der Waals surface area contributed by atoms with Gasteiger partial charge in [0.1, 0.15) is 11.8 Å². The molecule has 5 nitrogen and oxygen atoms in total. The van der Waals surface area contributed by atoms with Crippen molar-refractivity contribution in [1.82, 2.24) is 19.9 Å². The highest BCUT2D eigenvalue weighted by Crippen LogP contribution is 2.32. The first-order chi connectivity index (χ1) is 10.4. The van der Waals surface area contributed by atoms with E-state index in [-0.39, 0.29) is 11.6 Å². The molecular weight excluding hydrogens is 319 g/mol. The van der Waals surface area contributed by atoms with Crippen molar-refractivity contribution in [3.05, 3.63) is 47.0 Å². The fourth-order valence-electron chi connectivity index (χ4n) is 1.96. The van der Waals surface area contributed by atoms with E-state index in [0.717, 1.165) is 12.1 Å². The van der Waals surface area contributed by atoms with Crippen LogP contribution in [-0.4, -0.2) is 19.9 Å². The van der Waals surface area contributed by atoms with E-state index in [4.69, 9.17) is 11.6 Å². The molecule has 114 valence electrons. The Morgan fingerprint density at radius 1 is 1.18 bits per heavy atom. The van der Waals surface area contributed by atoms with Crippen molar-refractivity contribution in [2.45, 2.75) is 12.7 Å². The molecule has 0 unspecified atom stereocenters. The van der Waals surface area contributed by atoms with E-state index in [9.17, 15) is 13.2 Å². The number of nitrogens with zero attached hydrogens (tertiary/aromatic N) is 3. The van der Waals surface area contributed by atoms with Crippen molar-refractivity contribution in [2.75, 3.05) is 5.32 Å². The smallest absolute Gasteiger partial charge is 0.364 e. The second kappa shape index (κ2) is 5.45. The fraction of sp³-hybridized carbons (Fsp3) is 0.154. The van der Waals surface area contributed by atoms with Gasteiger partial charge in [-0.2, -0.15) is 13.2 Å². The second-order valence-electron chi connectivity index (χ2n) is 4.48. The van der Waals surface area contributed by atoms with Gasteiger partial charge in [-0.25, -0.2) is 15.0 Å². The number of aromatic amines is 1. The Morgan fingerprint density at radius 3 is 2.77 bits per heavy atom. The van der Waals surface area contributed by atoms with Gasteiger partial charge in [0, 0.05) is 11.6 Å². The van der Waals surface area contributed by atoms with Gasteiger partial charge >= 0.3 is 6.18 Å². The summed E-state index contributed by atoms with van der Waals surface area (Å²) in [6.07, 6.45) is -1.62. The number of anilines is 1. The molecule has 0 saturated heterocycles. The molecule has 2 aromatic heterocycles. The number of hydrogen-bond donors (Lipinski definition) is 2. The molecule has 0 atom stereocenters. The molecule has 0 bridgehead atoms. The van der Waals surface area contributed by atoms with Crippen molar-refractivity contribution in [3.8, 4) is 0 Å². The molecule has 0 spiro atoms. The average molecular weight is 328 g/mol. The number of halogens is 4. The van der Waals surface area contributed by atoms with Crippen LogP contribution in [0.4, 0.5) is 19.0 Å². The number of rotatable bonds is 3. The highest BCUT2D eigenvalue weighted by atomic mass is 35.5. The summed E-state index contributed by atoms with van der Waals surface area (Å²) in [5.41, 5.74) is 0.610. The van der Waals surface area contributed by atoms with Crippen LogP contribution in [0.25, 0.3) is 11.2 Å². The van der Waals surface area contributed by atoms with Crippen LogP contribution in [0, 0.1) is 0 Å². The summed E-state index contributed by atoms with van der Waals surface area (Å²) in [6, 6.07) is 3.19. The van der Waals surface area contributed by atoms with Crippen molar-refractivity contribution in [1.29, 1.82) is 0 Å². The maximum Gasteiger partial charge on any atom is 0.416 e. The van der Waals surface area contributed by atoms with Crippen LogP contribution in [0.2, 0.25) is 5.02 Å². The Labute approximate surface area is 127 Å². The normalized spacial score (nSPS) is 11.8. The first-order valence-electron chi connectivity index (χ1n) is 6.19. The van der Waals surface area contributed by atoms with E-state index in [1.807, 2.05) is 0 Å². The van der Waals surface area contributed by atoms with E-state index < -0.39 is 11.7 Å². The van der Waals surface area contributed by atoms with Crippen molar-refractivity contribution < 1.29 is 13.2 Å². The molecule has 3 aromatic rings. The minimum Gasteiger partial charge on any atom is -0.364 e. The molecule has 9 heteroatoms. The summed E-state index contributed by atoms with van der Waals surface area (Å²) in [7, 11) is 0. The van der Waals surface area contributed by atoms with E-state index in [0.29, 0.717) is 22.5 Å². The monoisotopic (exact) mass is 327 g/mol. The van der Waals surface area contributed by atoms with Crippen LogP contribution in [0.1, 0.15) is 11.1 Å². The van der Waals surface area contributed by atoms with Crippen molar-refractivity contribution in [3.63, 3.8) is 0 Å². The predicted octanol–water partition coefficient (Wildman–Crippen LogP) is 3.64. The predicted molar refractivity (Wildman–Crippen MR) is 75.5 cm³/mol. The highest BCUT2D eigenvalue weighted by molar-refractivity contribution is 6.31. The standard InChI is InChI=1S/C13H9ClF3N5/c14-9-2-1-8(13(15,16)17)3-7(9)4-18-11-10-12(20-5-19-10)22-6-21-11/h1-3,5-6H,4H2,(H2,18,19,20,21,22). The molecule has 3 rings (SSSR count). The summed E-state index contributed by atoms with van der Waals surface area (Å²) < 4.78 is 38.2. The van der Waals surface area contributed by atoms with Gasteiger partial charge in [-0.05, 0) is 23.8 Å². The number of fused-ring (bicyclic) bond motifs is 1. The second-order valence-corrected chi connectivity index (χ2v) is 4.89. The summed E-state index contributed by atoms with van der Waals surface area (Å²) >= 11 is 5.95. The number of aromatic nitrogens is 4. The number of alkyl halides is 3. The fourth-order valence-corrected chi connectivity index (χ4v) is 2.14. The Hall–Kier alpha value is -2.35. The molecule has 0 aliphatic heterocycles. The van der Waals surface area contributed by atoms with Crippen LogP contribution < -0.4 is 5.32 Å². The molecule has 22 heavy (non-hydrogen) atoms. The first kappa shape index (κ1) is 14.6. The van der Waals surface area contributed by atoms with Crippen LogP contribution in [0.15, 0.2) is 30.9 Å². The van der Waals surface area contributed by atoms with Gasteiger partial charge in [0.2, 0.25) is 0 Å². The molecule has 2 heterocycles. The average Bonchev–Trinajstić information content (AvgIpc) is 2.94. The third-order valence-electron chi connectivity index (χ3n) is 3.04. The zero-order valence-electron chi connectivity index (χ0n) is 10.9. The van der Waals surface area contributed by atoms with E-state index in [2.05, 4.69) is 25.3 Å². The molecular formula is C13H9ClF3N5. The Kier molecular flexibility index (Phi) is 3.61. The zero-order chi connectivity index (χ0) is 15.7. The first-order valence-corrected chi connectivity index (χ1v) is 6.56. The van der Waals surface area contributed by atoms with E-state index in [1.54, 1.807) is 0 Å². The molecule has 1 aromatic carbocycles. The van der Waals surface area contributed by atoms with Crippen molar-refractivity contribution in [2.24, 2.45) is 0 Å². The van der Waals surface area contributed by atoms with Crippen LogP contribution in [0.3, 0.4) is 0 Å². The minimum atomic E-state index is -4.41. The lowest BCUT2D eigenvalue weighted by Crippen LogP contribution is -2.08. The van der Waals surface area contributed by atoms with Gasteiger partial charge in [-0.15, -0.1) is 0 Å². The lowest BCUT2D eigenvalue weighted by molar-refractivity contribution is -0.137. The maximum atomic E-state index is 12.7. The molecule has 0 radical (unpaired) electrons. The van der Waals surface area contributed by atoms with E-state index >= 15 is 0 Å². The molecule has 0 fully saturated rings. The number of nitrogens with one attached hydrogen (secondary N) is 2. The summed E-state index contributed by atoms with van der Waals surface area (Å²) in [6.45, 7) is 0.0850. The Morgan fingerprint density at radius 2 is 2.00 bits per heavy atom. The van der Waals surface area contributed by atoms with Gasteiger partial charge in [0.25, 0.3) is 0 Å². The van der Waals surface area contributed by atoms with E-state index in [1.165, 1.54) is 18.7 Å². The maximum absolute atomic E-state index is 12.7. The summed E-state index contributed by atoms with van der Waals surface area (Å²) in [5, 5.41) is 3.17. The molecule has 0 amide bonds. The lowest BCUT2D eigenvalue weighted by atomic mass is 10.1. The van der Waals surface area contributed by atoms with Crippen LogP contribution in [-0.2, 0) is 12.7 Å². The topological polar surface area (TPSA) is 66.5 Å². The molecule has 2 N–H and O–H groups in total. The van der Waals surface area contributed by atoms with Crippen LogP contribution in [0.5, 0.6) is 0 Å². The highest BCUT2D eigenvalue weighted by Gasteiger charge is 2.30. The van der Waals surface area contributed by atoms with Gasteiger partial charge < -0.3 is 10.3 Å². The summed E-state index contributed by atoms with van der Waals surface area (Å²) in [5.74, 6) is 0.416. The molecule has 0 aliphatic rings. The largest absolute Gasteiger partial charge is 0.416 e. The number of imidazole rings is 1. The lowest BCUT2D eigenvalue weighted by Gasteiger charge is -2.11. The zero-order valence-corrected chi connectivity index (χ0v) is 11.7. The van der Waals surface area contributed by atoms with Crippen molar-refractivity contribution >= 4 is 28.6 Å². The third kappa shape index (κ3) is 2.82. The molecule has 0 aliphatic carbocycles. The SMILES string of the molecule is FC(F)(F)c1ccc(Cl)c(CNc2ncnc3[nH]cnc23)c1. The Balaban J connectivity index is 1.86. The number of H-pyrrole nitrogens is 1. The Bertz CT molecular complexity index is 815. The number of hydrogen-bond acceptors (Lipinski definition) is 4. The number of benzene rings is 1.